The van der Waals surface area contributed by atoms with Crippen LogP contribution < -0.4 is 0 Å². The average molecular weight is 299 g/mol. The minimum absolute atomic E-state index is 0.00481. The summed E-state index contributed by atoms with van der Waals surface area (Å²) in [6.45, 7) is 2.66. The molecule has 1 saturated heterocycles. The SMILES string of the molecule is CC1C(c2ccccc2)CCN1C(=O)c1cc(C(=O)O)co1. The molecule has 22 heavy (non-hydrogen) atoms. The predicted molar refractivity (Wildman–Crippen MR) is 80.0 cm³/mol. The summed E-state index contributed by atoms with van der Waals surface area (Å²) in [5.74, 6) is -0.977. The van der Waals surface area contributed by atoms with Gasteiger partial charge in [0.1, 0.15) is 6.26 Å². The van der Waals surface area contributed by atoms with Crippen LogP contribution in [0.1, 0.15) is 45.7 Å². The number of aromatic carboxylic acids is 1. The first-order valence-electron chi connectivity index (χ1n) is 7.25. The van der Waals surface area contributed by atoms with E-state index in [2.05, 4.69) is 12.1 Å². The molecule has 1 amide bonds. The van der Waals surface area contributed by atoms with Gasteiger partial charge in [-0.3, -0.25) is 4.79 Å². The van der Waals surface area contributed by atoms with Crippen LogP contribution in [-0.4, -0.2) is 34.5 Å². The van der Waals surface area contributed by atoms with E-state index in [0.29, 0.717) is 12.5 Å². The number of furan rings is 1. The van der Waals surface area contributed by atoms with Gasteiger partial charge in [-0.25, -0.2) is 4.79 Å². The molecule has 2 aromatic rings. The molecule has 0 spiro atoms. The van der Waals surface area contributed by atoms with Crippen LogP contribution in [-0.2, 0) is 0 Å². The van der Waals surface area contributed by atoms with Gasteiger partial charge < -0.3 is 14.4 Å². The number of carbonyl (C=O) groups excluding carboxylic acids is 1. The zero-order valence-corrected chi connectivity index (χ0v) is 12.2. The van der Waals surface area contributed by atoms with Crippen molar-refractivity contribution in [3.8, 4) is 0 Å². The van der Waals surface area contributed by atoms with Crippen LogP contribution in [0.4, 0.5) is 0 Å². The standard InChI is InChI=1S/C17H17NO4/c1-11-14(12-5-3-2-4-6-12)7-8-18(11)16(19)15-9-13(10-22-15)17(20)21/h2-6,9-11,14H,7-8H2,1H3,(H,20,21). The maximum absolute atomic E-state index is 12.5. The van der Waals surface area contributed by atoms with Crippen LogP contribution >= 0.6 is 0 Å². The van der Waals surface area contributed by atoms with Crippen molar-refractivity contribution in [1.29, 1.82) is 0 Å². The quantitative estimate of drug-likeness (QED) is 0.945. The number of benzene rings is 1. The molecule has 1 N–H and O–H groups in total. The van der Waals surface area contributed by atoms with Crippen LogP contribution in [0.25, 0.3) is 0 Å². The summed E-state index contributed by atoms with van der Waals surface area (Å²) in [7, 11) is 0. The number of hydrogen-bond acceptors (Lipinski definition) is 3. The van der Waals surface area contributed by atoms with Gasteiger partial charge in [0.05, 0.1) is 5.56 Å². The highest BCUT2D eigenvalue weighted by Gasteiger charge is 2.36. The highest BCUT2D eigenvalue weighted by molar-refractivity contribution is 5.95. The molecular weight excluding hydrogens is 282 g/mol. The Morgan fingerprint density at radius 3 is 2.64 bits per heavy atom. The average Bonchev–Trinajstić information content (AvgIpc) is 3.14. The highest BCUT2D eigenvalue weighted by Crippen LogP contribution is 2.34. The van der Waals surface area contributed by atoms with E-state index in [9.17, 15) is 9.59 Å². The number of amides is 1. The molecule has 0 bridgehead atoms. The largest absolute Gasteiger partial charge is 0.478 e. The zero-order valence-electron chi connectivity index (χ0n) is 12.2. The smallest absolute Gasteiger partial charge is 0.338 e. The molecule has 1 fully saturated rings. The van der Waals surface area contributed by atoms with Crippen molar-refractivity contribution in [2.75, 3.05) is 6.54 Å². The molecule has 2 atom stereocenters. The Kier molecular flexibility index (Phi) is 3.71. The van der Waals surface area contributed by atoms with Gasteiger partial charge in [-0.1, -0.05) is 30.3 Å². The highest BCUT2D eigenvalue weighted by atomic mass is 16.4. The number of likely N-dealkylation sites (tertiary alicyclic amines) is 1. The van der Waals surface area contributed by atoms with Gasteiger partial charge >= 0.3 is 5.97 Å². The first-order chi connectivity index (χ1) is 10.6. The van der Waals surface area contributed by atoms with Crippen molar-refractivity contribution in [3.05, 3.63) is 59.5 Å². The fraction of sp³-hybridized carbons (Fsp3) is 0.294. The number of rotatable bonds is 3. The van der Waals surface area contributed by atoms with Crippen LogP contribution in [0.15, 0.2) is 47.1 Å². The van der Waals surface area contributed by atoms with Gasteiger partial charge in [0.25, 0.3) is 5.91 Å². The van der Waals surface area contributed by atoms with Crippen molar-refractivity contribution in [2.24, 2.45) is 0 Å². The summed E-state index contributed by atoms with van der Waals surface area (Å²) in [6.07, 6.45) is 1.99. The summed E-state index contributed by atoms with van der Waals surface area (Å²) in [4.78, 5) is 25.1. The molecule has 1 aromatic heterocycles. The molecule has 2 heterocycles. The van der Waals surface area contributed by atoms with E-state index in [1.807, 2.05) is 25.1 Å². The Labute approximate surface area is 128 Å². The Bertz CT molecular complexity index is 692. The van der Waals surface area contributed by atoms with Gasteiger partial charge in [0.15, 0.2) is 5.76 Å². The second-order valence-electron chi connectivity index (χ2n) is 5.55. The van der Waals surface area contributed by atoms with Gasteiger partial charge in [-0.2, -0.15) is 0 Å². The molecule has 0 saturated carbocycles. The van der Waals surface area contributed by atoms with E-state index in [-0.39, 0.29) is 23.3 Å². The van der Waals surface area contributed by atoms with E-state index in [0.717, 1.165) is 12.7 Å². The topological polar surface area (TPSA) is 70.8 Å². The monoisotopic (exact) mass is 299 g/mol. The molecule has 1 aliphatic rings. The van der Waals surface area contributed by atoms with Crippen molar-refractivity contribution < 1.29 is 19.1 Å². The molecule has 5 heteroatoms. The summed E-state index contributed by atoms with van der Waals surface area (Å²) in [6, 6.07) is 11.5. The van der Waals surface area contributed by atoms with Crippen molar-refractivity contribution >= 4 is 11.9 Å². The van der Waals surface area contributed by atoms with Crippen molar-refractivity contribution in [2.45, 2.75) is 25.3 Å². The Morgan fingerprint density at radius 1 is 1.27 bits per heavy atom. The van der Waals surface area contributed by atoms with E-state index in [4.69, 9.17) is 9.52 Å². The first kappa shape index (κ1) is 14.4. The molecule has 5 nitrogen and oxygen atoms in total. The third kappa shape index (κ3) is 2.50. The minimum atomic E-state index is -1.10. The lowest BCUT2D eigenvalue weighted by Crippen LogP contribution is -2.35. The number of hydrogen-bond donors (Lipinski definition) is 1. The molecule has 0 aliphatic carbocycles. The van der Waals surface area contributed by atoms with Gasteiger partial charge in [-0.15, -0.1) is 0 Å². The van der Waals surface area contributed by atoms with Gasteiger partial charge in [0.2, 0.25) is 0 Å². The van der Waals surface area contributed by atoms with E-state index < -0.39 is 5.97 Å². The number of nitrogens with zero attached hydrogens (tertiary/aromatic N) is 1. The second-order valence-corrected chi connectivity index (χ2v) is 5.55. The molecule has 3 rings (SSSR count). The lowest BCUT2D eigenvalue weighted by atomic mass is 9.93. The molecule has 1 aromatic carbocycles. The van der Waals surface area contributed by atoms with Crippen molar-refractivity contribution in [3.63, 3.8) is 0 Å². The summed E-state index contributed by atoms with van der Waals surface area (Å²) < 4.78 is 5.12. The Hall–Kier alpha value is -2.56. The van der Waals surface area contributed by atoms with Crippen LogP contribution in [0.3, 0.4) is 0 Å². The summed E-state index contributed by atoms with van der Waals surface area (Å²) in [5.41, 5.74) is 1.21. The summed E-state index contributed by atoms with van der Waals surface area (Å²) >= 11 is 0. The number of carboxylic acids is 1. The Morgan fingerprint density at radius 2 is 2.00 bits per heavy atom. The van der Waals surface area contributed by atoms with Crippen molar-refractivity contribution in [1.82, 2.24) is 4.90 Å². The zero-order chi connectivity index (χ0) is 15.7. The molecule has 114 valence electrons. The van der Waals surface area contributed by atoms with Crippen LogP contribution in [0.2, 0.25) is 0 Å². The summed E-state index contributed by atoms with van der Waals surface area (Å²) in [5, 5.41) is 8.90. The lowest BCUT2D eigenvalue weighted by Gasteiger charge is -2.24. The normalized spacial score (nSPS) is 21.0. The van der Waals surface area contributed by atoms with E-state index in [1.165, 1.54) is 11.6 Å². The fourth-order valence-electron chi connectivity index (χ4n) is 3.07. The third-order valence-electron chi connectivity index (χ3n) is 4.30. The van der Waals surface area contributed by atoms with E-state index in [1.54, 1.807) is 4.90 Å². The van der Waals surface area contributed by atoms with Crippen LogP contribution in [0.5, 0.6) is 0 Å². The second kappa shape index (κ2) is 5.67. The molecule has 1 aliphatic heterocycles. The maximum Gasteiger partial charge on any atom is 0.338 e. The number of carboxylic acid groups (broad SMARTS) is 1. The van der Waals surface area contributed by atoms with Gasteiger partial charge in [0, 0.05) is 24.6 Å². The Balaban J connectivity index is 1.78. The number of carbonyl (C=O) groups is 2. The first-order valence-corrected chi connectivity index (χ1v) is 7.25. The third-order valence-corrected chi connectivity index (χ3v) is 4.30. The lowest BCUT2D eigenvalue weighted by molar-refractivity contribution is 0.0691. The molecule has 2 unspecified atom stereocenters. The minimum Gasteiger partial charge on any atom is -0.478 e. The predicted octanol–water partition coefficient (Wildman–Crippen LogP) is 3.00. The molecular formula is C17H17NO4. The van der Waals surface area contributed by atoms with Gasteiger partial charge in [-0.05, 0) is 18.9 Å². The van der Waals surface area contributed by atoms with E-state index >= 15 is 0 Å². The maximum atomic E-state index is 12.5. The fourth-order valence-corrected chi connectivity index (χ4v) is 3.07. The van der Waals surface area contributed by atoms with Crippen LogP contribution in [0, 0.1) is 0 Å². The molecule has 0 radical (unpaired) electrons.